The third-order valence-electron chi connectivity index (χ3n) is 1.45. The lowest BCUT2D eigenvalue weighted by Crippen LogP contribution is -1.88. The van der Waals surface area contributed by atoms with Gasteiger partial charge in [-0.05, 0) is 6.07 Å². The first-order valence-electron chi connectivity index (χ1n) is 3.68. The van der Waals surface area contributed by atoms with E-state index in [4.69, 9.17) is 4.52 Å². The Labute approximate surface area is 74.0 Å². The predicted octanol–water partition coefficient (Wildman–Crippen LogP) is 0.568. The smallest absolute Gasteiger partial charge is 0.321 e. The van der Waals surface area contributed by atoms with E-state index in [9.17, 15) is 0 Å². The van der Waals surface area contributed by atoms with Crippen molar-refractivity contribution in [2.45, 2.75) is 0 Å². The van der Waals surface area contributed by atoms with Gasteiger partial charge in [-0.2, -0.15) is 4.98 Å². The molecule has 0 saturated heterocycles. The number of hydrogen-bond donors (Lipinski definition) is 1. The molecular formula is C7H7N5O. The van der Waals surface area contributed by atoms with Gasteiger partial charge in [0.1, 0.15) is 12.0 Å². The minimum atomic E-state index is 0.369. The molecule has 2 rings (SSSR count). The molecule has 6 heteroatoms. The Balaban J connectivity index is 2.36. The fourth-order valence-electron chi connectivity index (χ4n) is 0.852. The van der Waals surface area contributed by atoms with Crippen LogP contribution in [0.1, 0.15) is 0 Å². The maximum absolute atomic E-state index is 4.84. The van der Waals surface area contributed by atoms with E-state index in [0.717, 1.165) is 0 Å². The molecule has 0 fully saturated rings. The first-order valence-corrected chi connectivity index (χ1v) is 3.68. The van der Waals surface area contributed by atoms with Gasteiger partial charge in [0.25, 0.3) is 0 Å². The normalized spacial score (nSPS) is 9.92. The van der Waals surface area contributed by atoms with E-state index in [2.05, 4.69) is 25.4 Å². The van der Waals surface area contributed by atoms with Crippen LogP contribution in [0.2, 0.25) is 0 Å². The first-order chi connectivity index (χ1) is 6.40. The summed E-state index contributed by atoms with van der Waals surface area (Å²) in [6, 6.07) is 2.08. The highest BCUT2D eigenvalue weighted by molar-refractivity contribution is 5.48. The van der Waals surface area contributed by atoms with Gasteiger partial charge in [0.15, 0.2) is 0 Å². The molecule has 0 saturated carbocycles. The van der Waals surface area contributed by atoms with Crippen LogP contribution in [0.15, 0.2) is 23.1 Å². The van der Waals surface area contributed by atoms with Crippen LogP contribution in [0.4, 0.5) is 6.01 Å². The summed E-state index contributed by atoms with van der Waals surface area (Å²) in [4.78, 5) is 11.8. The van der Waals surface area contributed by atoms with Crippen molar-refractivity contribution in [2.24, 2.45) is 0 Å². The molecule has 0 aromatic carbocycles. The highest BCUT2D eigenvalue weighted by Gasteiger charge is 2.06. The highest BCUT2D eigenvalue weighted by atomic mass is 16.5. The highest BCUT2D eigenvalue weighted by Crippen LogP contribution is 2.12. The van der Waals surface area contributed by atoms with Gasteiger partial charge in [0, 0.05) is 13.2 Å². The third kappa shape index (κ3) is 1.46. The second-order valence-electron chi connectivity index (χ2n) is 2.27. The number of nitrogens with zero attached hydrogens (tertiary/aromatic N) is 4. The van der Waals surface area contributed by atoms with Crippen molar-refractivity contribution in [2.75, 3.05) is 12.4 Å². The maximum atomic E-state index is 4.84. The third-order valence-corrected chi connectivity index (χ3v) is 1.45. The molecule has 0 aliphatic carbocycles. The summed E-state index contributed by atoms with van der Waals surface area (Å²) in [6.45, 7) is 0. The molecule has 0 atom stereocenters. The zero-order chi connectivity index (χ0) is 9.10. The van der Waals surface area contributed by atoms with Crippen LogP contribution in [0, 0.1) is 0 Å². The van der Waals surface area contributed by atoms with E-state index in [0.29, 0.717) is 17.5 Å². The van der Waals surface area contributed by atoms with Crippen LogP contribution in [0.3, 0.4) is 0 Å². The molecule has 66 valence electrons. The summed E-state index contributed by atoms with van der Waals surface area (Å²) in [7, 11) is 1.71. The van der Waals surface area contributed by atoms with E-state index in [1.165, 1.54) is 6.33 Å². The monoisotopic (exact) mass is 177 g/mol. The first kappa shape index (κ1) is 7.66. The van der Waals surface area contributed by atoms with Gasteiger partial charge in [0.05, 0.1) is 0 Å². The molecular weight excluding hydrogens is 170 g/mol. The predicted molar refractivity (Wildman–Crippen MR) is 44.9 cm³/mol. The van der Waals surface area contributed by atoms with Crippen molar-refractivity contribution in [1.29, 1.82) is 0 Å². The van der Waals surface area contributed by atoms with Gasteiger partial charge >= 0.3 is 6.01 Å². The van der Waals surface area contributed by atoms with Crippen molar-refractivity contribution in [3.05, 3.63) is 18.6 Å². The Hall–Kier alpha value is -1.98. The van der Waals surface area contributed by atoms with Gasteiger partial charge in [-0.15, -0.1) is 0 Å². The number of hydrogen-bond acceptors (Lipinski definition) is 6. The molecule has 0 unspecified atom stereocenters. The average molecular weight is 177 g/mol. The Morgan fingerprint density at radius 1 is 1.46 bits per heavy atom. The molecule has 6 nitrogen and oxygen atoms in total. The van der Waals surface area contributed by atoms with Crippen LogP contribution in [0.5, 0.6) is 0 Å². The largest absolute Gasteiger partial charge is 0.341 e. The van der Waals surface area contributed by atoms with Crippen LogP contribution < -0.4 is 5.32 Å². The van der Waals surface area contributed by atoms with Crippen LogP contribution >= 0.6 is 0 Å². The molecule has 0 aliphatic rings. The Kier molecular flexibility index (Phi) is 1.87. The molecule has 0 aliphatic heterocycles. The minimum Gasteiger partial charge on any atom is -0.341 e. The van der Waals surface area contributed by atoms with Crippen LogP contribution in [-0.4, -0.2) is 27.2 Å². The molecule has 1 N–H and O–H groups in total. The van der Waals surface area contributed by atoms with E-state index in [1.807, 2.05) is 0 Å². The fourth-order valence-corrected chi connectivity index (χ4v) is 0.852. The summed E-state index contributed by atoms with van der Waals surface area (Å²) in [5, 5.41) is 6.45. The lowest BCUT2D eigenvalue weighted by atomic mass is 10.4. The molecule has 13 heavy (non-hydrogen) atoms. The summed E-state index contributed by atoms with van der Waals surface area (Å²) in [5.74, 6) is 0.451. The van der Waals surface area contributed by atoms with Crippen LogP contribution in [-0.2, 0) is 0 Å². The number of anilines is 1. The summed E-state index contributed by atoms with van der Waals surface area (Å²) in [6.07, 6.45) is 3.06. The molecule has 2 aromatic heterocycles. The Bertz CT molecular complexity index is 385. The molecule has 0 amide bonds. The van der Waals surface area contributed by atoms with E-state index in [-0.39, 0.29) is 0 Å². The van der Waals surface area contributed by atoms with Gasteiger partial charge < -0.3 is 9.84 Å². The van der Waals surface area contributed by atoms with E-state index < -0.39 is 0 Å². The Morgan fingerprint density at radius 2 is 2.38 bits per heavy atom. The number of rotatable bonds is 2. The minimum absolute atomic E-state index is 0.369. The van der Waals surface area contributed by atoms with Crippen molar-refractivity contribution in [3.63, 3.8) is 0 Å². The fraction of sp³-hybridized carbons (Fsp3) is 0.143. The SMILES string of the molecule is CNc1nc(-c2ccncn2)no1. The molecule has 2 heterocycles. The molecule has 2 aromatic rings. The van der Waals surface area contributed by atoms with Gasteiger partial charge in [-0.1, -0.05) is 5.16 Å². The Morgan fingerprint density at radius 3 is 3.00 bits per heavy atom. The second kappa shape index (κ2) is 3.18. The van der Waals surface area contributed by atoms with Crippen molar-refractivity contribution in [3.8, 4) is 11.5 Å². The summed E-state index contributed by atoms with van der Waals surface area (Å²) in [5.41, 5.74) is 0.639. The molecule has 0 spiro atoms. The standard InChI is InChI=1S/C7H7N5O/c1-8-7-11-6(12-13-7)5-2-3-9-4-10-5/h2-4H,1H3,(H,8,11,12). The van der Waals surface area contributed by atoms with Crippen molar-refractivity contribution >= 4 is 6.01 Å². The van der Waals surface area contributed by atoms with Crippen molar-refractivity contribution in [1.82, 2.24) is 20.1 Å². The van der Waals surface area contributed by atoms with Crippen molar-refractivity contribution < 1.29 is 4.52 Å². The average Bonchev–Trinajstić information content (AvgIpc) is 2.67. The zero-order valence-corrected chi connectivity index (χ0v) is 6.93. The summed E-state index contributed by atoms with van der Waals surface area (Å²) < 4.78 is 4.84. The topological polar surface area (TPSA) is 76.7 Å². The van der Waals surface area contributed by atoms with Gasteiger partial charge in [-0.3, -0.25) is 0 Å². The zero-order valence-electron chi connectivity index (χ0n) is 6.93. The van der Waals surface area contributed by atoms with Gasteiger partial charge in [-0.25, -0.2) is 9.97 Å². The molecule has 0 radical (unpaired) electrons. The van der Waals surface area contributed by atoms with Gasteiger partial charge in [0.2, 0.25) is 5.82 Å². The van der Waals surface area contributed by atoms with E-state index in [1.54, 1.807) is 19.3 Å². The lowest BCUT2D eigenvalue weighted by molar-refractivity contribution is 0.434. The number of nitrogens with one attached hydrogen (secondary N) is 1. The summed E-state index contributed by atoms with van der Waals surface area (Å²) >= 11 is 0. The van der Waals surface area contributed by atoms with Crippen LogP contribution in [0.25, 0.3) is 11.5 Å². The lowest BCUT2D eigenvalue weighted by Gasteiger charge is -1.88. The second-order valence-corrected chi connectivity index (χ2v) is 2.27. The molecule has 0 bridgehead atoms. The quantitative estimate of drug-likeness (QED) is 0.722. The maximum Gasteiger partial charge on any atom is 0.321 e. The van der Waals surface area contributed by atoms with E-state index >= 15 is 0 Å². The number of aromatic nitrogens is 4.